The molecular weight excluding hydrogens is 637 g/mol. The number of hydrogen-bond donors (Lipinski definition) is 0. The fourth-order valence-corrected chi connectivity index (χ4v) is 9.27. The Balaban J connectivity index is 0.000000902. The quantitative estimate of drug-likeness (QED) is 0.171. The summed E-state index contributed by atoms with van der Waals surface area (Å²) in [4.78, 5) is 0. The van der Waals surface area contributed by atoms with Crippen LogP contribution in [0, 0.1) is 0 Å². The molecule has 53 heavy (non-hydrogen) atoms. The highest BCUT2D eigenvalue weighted by molar-refractivity contribution is 6.07. The second-order valence-corrected chi connectivity index (χ2v) is 13.6. The number of rotatable bonds is 2. The highest BCUT2D eigenvalue weighted by Gasteiger charge is 2.52. The lowest BCUT2D eigenvalue weighted by Crippen LogP contribution is -2.26. The van der Waals surface area contributed by atoms with Gasteiger partial charge in [0.2, 0.25) is 0 Å². The molecule has 9 aromatic carbocycles. The Morgan fingerprint density at radius 2 is 0.736 bits per heavy atom. The van der Waals surface area contributed by atoms with Gasteiger partial charge < -0.3 is 0 Å². The molecule has 0 unspecified atom stereocenters. The third-order valence-electron chi connectivity index (χ3n) is 11.3. The maximum Gasteiger partial charge on any atom is 0.0731 e. The second kappa shape index (κ2) is 13.1. The van der Waals surface area contributed by atoms with E-state index in [1.807, 2.05) is 27.7 Å². The van der Waals surface area contributed by atoms with Gasteiger partial charge in [-0.2, -0.15) is 0 Å². The average Bonchev–Trinajstić information content (AvgIpc) is 3.71. The summed E-state index contributed by atoms with van der Waals surface area (Å²) in [6, 6.07) is 68.1. The van der Waals surface area contributed by atoms with Gasteiger partial charge in [0.05, 0.1) is 5.41 Å². The van der Waals surface area contributed by atoms with E-state index in [1.165, 1.54) is 99.1 Å². The van der Waals surface area contributed by atoms with Crippen LogP contribution < -0.4 is 0 Å². The van der Waals surface area contributed by atoms with E-state index in [2.05, 4.69) is 182 Å². The van der Waals surface area contributed by atoms with Crippen LogP contribution in [0.4, 0.5) is 0 Å². The van der Waals surface area contributed by atoms with Crippen LogP contribution in [0.1, 0.15) is 49.9 Å². The van der Waals surface area contributed by atoms with E-state index in [9.17, 15) is 0 Å². The first-order valence-electron chi connectivity index (χ1n) is 19.2. The molecule has 0 aliphatic heterocycles. The zero-order valence-electron chi connectivity index (χ0n) is 30.8. The van der Waals surface area contributed by atoms with Crippen LogP contribution in [0.15, 0.2) is 182 Å². The van der Waals surface area contributed by atoms with Crippen LogP contribution in [0.5, 0.6) is 0 Å². The van der Waals surface area contributed by atoms with Crippen molar-refractivity contribution in [2.45, 2.75) is 33.1 Å². The monoisotopic (exact) mass is 678 g/mol. The smallest absolute Gasteiger partial charge is 0.0683 e. The Hall–Kier alpha value is -6.24. The molecule has 0 aromatic heterocycles. The van der Waals surface area contributed by atoms with Gasteiger partial charge in [0, 0.05) is 0 Å². The van der Waals surface area contributed by atoms with Crippen molar-refractivity contribution in [1.82, 2.24) is 0 Å². The highest BCUT2D eigenvalue weighted by Crippen LogP contribution is 2.64. The van der Waals surface area contributed by atoms with Crippen LogP contribution in [-0.4, -0.2) is 0 Å². The Morgan fingerprint density at radius 1 is 0.283 bits per heavy atom. The second-order valence-electron chi connectivity index (χ2n) is 13.6. The number of fused-ring (bicyclic) bond motifs is 14. The third-order valence-corrected chi connectivity index (χ3v) is 11.3. The molecule has 2 aliphatic carbocycles. The maximum absolute atomic E-state index is 2.51. The van der Waals surface area contributed by atoms with Crippen molar-refractivity contribution in [1.29, 1.82) is 0 Å². The molecule has 0 N–H and O–H groups in total. The minimum Gasteiger partial charge on any atom is -0.0683 e. The standard InChI is InChI=1S/C49H30.2C2H6/c1-3-15-36-31(11-1)13-9-19-38(36)33-23-26-40-34(29-33)25-28-44-43-27-24-35(39-20-10-14-32-12-2-4-16-37(32)39)30-47(43)49(48(40)44)45-21-7-5-17-41(45)42-18-6-8-22-46(42)49;2*1-2/h1-30H;2*1-2H3. The first-order chi connectivity index (χ1) is 26.3. The average molecular weight is 679 g/mol. The Morgan fingerprint density at radius 3 is 1.36 bits per heavy atom. The van der Waals surface area contributed by atoms with Crippen LogP contribution >= 0.6 is 0 Å². The molecule has 0 amide bonds. The van der Waals surface area contributed by atoms with E-state index in [-0.39, 0.29) is 0 Å². The van der Waals surface area contributed by atoms with Crippen molar-refractivity contribution >= 4 is 32.3 Å². The van der Waals surface area contributed by atoms with Crippen molar-refractivity contribution in [2.75, 3.05) is 0 Å². The normalized spacial score (nSPS) is 12.7. The summed E-state index contributed by atoms with van der Waals surface area (Å²) in [7, 11) is 0. The van der Waals surface area contributed by atoms with Gasteiger partial charge in [-0.3, -0.25) is 0 Å². The lowest BCUT2D eigenvalue weighted by molar-refractivity contribution is 0.801. The summed E-state index contributed by atoms with van der Waals surface area (Å²) < 4.78 is 0. The zero-order valence-corrected chi connectivity index (χ0v) is 30.8. The van der Waals surface area contributed by atoms with Crippen LogP contribution in [0.3, 0.4) is 0 Å². The van der Waals surface area contributed by atoms with E-state index >= 15 is 0 Å². The molecule has 9 aromatic rings. The Labute approximate surface area is 313 Å². The van der Waals surface area contributed by atoms with Crippen LogP contribution in [0.25, 0.3) is 76.8 Å². The van der Waals surface area contributed by atoms with E-state index in [1.54, 1.807) is 0 Å². The van der Waals surface area contributed by atoms with Gasteiger partial charge in [0.25, 0.3) is 0 Å². The van der Waals surface area contributed by atoms with Crippen LogP contribution in [-0.2, 0) is 5.41 Å². The third kappa shape index (κ3) is 4.69. The summed E-state index contributed by atoms with van der Waals surface area (Å²) >= 11 is 0. The first kappa shape index (κ1) is 32.7. The fourth-order valence-electron chi connectivity index (χ4n) is 9.27. The molecule has 0 atom stereocenters. The van der Waals surface area contributed by atoms with Gasteiger partial charge in [-0.05, 0) is 111 Å². The molecule has 0 saturated carbocycles. The van der Waals surface area contributed by atoms with Crippen molar-refractivity contribution in [3.63, 3.8) is 0 Å². The van der Waals surface area contributed by atoms with Gasteiger partial charge in [0.1, 0.15) is 0 Å². The SMILES string of the molecule is CC.CC.c1ccc2c(c1)-c1ccccc1C21c2cc(-c3cccc4ccccc34)ccc2-c2ccc3cc(-c4cccc5ccccc45)ccc3c21. The summed E-state index contributed by atoms with van der Waals surface area (Å²) in [6.07, 6.45) is 0. The lowest BCUT2D eigenvalue weighted by Gasteiger charge is -2.32. The fraction of sp³-hybridized carbons (Fsp3) is 0.0943. The molecule has 0 heteroatoms. The summed E-state index contributed by atoms with van der Waals surface area (Å²) in [6.45, 7) is 8.00. The lowest BCUT2D eigenvalue weighted by atomic mass is 9.69. The van der Waals surface area contributed by atoms with Crippen LogP contribution in [0.2, 0.25) is 0 Å². The summed E-state index contributed by atoms with van der Waals surface area (Å²) in [5.41, 5.74) is 15.5. The first-order valence-corrected chi connectivity index (χ1v) is 19.2. The van der Waals surface area contributed by atoms with E-state index < -0.39 is 5.41 Å². The molecule has 254 valence electrons. The Kier molecular flexibility index (Phi) is 8.05. The molecule has 2 aliphatic rings. The predicted molar refractivity (Wildman–Crippen MR) is 229 cm³/mol. The van der Waals surface area contributed by atoms with E-state index in [0.717, 1.165) is 0 Å². The number of benzene rings is 9. The minimum absolute atomic E-state index is 0.432. The van der Waals surface area contributed by atoms with Crippen molar-refractivity contribution < 1.29 is 0 Å². The summed E-state index contributed by atoms with van der Waals surface area (Å²) in [5, 5.41) is 7.69. The minimum atomic E-state index is -0.432. The van der Waals surface area contributed by atoms with Gasteiger partial charge in [-0.1, -0.05) is 198 Å². The van der Waals surface area contributed by atoms with Gasteiger partial charge >= 0.3 is 0 Å². The molecule has 0 radical (unpaired) electrons. The molecular formula is C53H42. The highest BCUT2D eigenvalue weighted by atomic mass is 14.5. The van der Waals surface area contributed by atoms with Crippen molar-refractivity contribution in [2.24, 2.45) is 0 Å². The molecule has 0 fully saturated rings. The van der Waals surface area contributed by atoms with Gasteiger partial charge in [0.15, 0.2) is 0 Å². The summed E-state index contributed by atoms with van der Waals surface area (Å²) in [5.74, 6) is 0. The maximum atomic E-state index is 2.51. The largest absolute Gasteiger partial charge is 0.0731 e. The van der Waals surface area contributed by atoms with Gasteiger partial charge in [-0.25, -0.2) is 0 Å². The molecule has 0 bridgehead atoms. The van der Waals surface area contributed by atoms with E-state index in [0.29, 0.717) is 0 Å². The molecule has 1 spiro atoms. The topological polar surface area (TPSA) is 0 Å². The predicted octanol–water partition coefficient (Wildman–Crippen LogP) is 14.9. The molecule has 0 heterocycles. The molecule has 0 nitrogen and oxygen atoms in total. The molecule has 11 rings (SSSR count). The van der Waals surface area contributed by atoms with Crippen molar-refractivity contribution in [3.8, 4) is 44.5 Å². The van der Waals surface area contributed by atoms with Crippen molar-refractivity contribution in [3.05, 3.63) is 204 Å². The molecule has 0 saturated heterocycles. The number of hydrogen-bond acceptors (Lipinski definition) is 0. The van der Waals surface area contributed by atoms with Gasteiger partial charge in [-0.15, -0.1) is 0 Å². The van der Waals surface area contributed by atoms with E-state index in [4.69, 9.17) is 0 Å². The Bertz CT molecular complexity index is 2780. The zero-order chi connectivity index (χ0) is 36.1.